The highest BCUT2D eigenvalue weighted by Crippen LogP contribution is 2.29. The summed E-state index contributed by atoms with van der Waals surface area (Å²) < 4.78 is 0. The van der Waals surface area contributed by atoms with E-state index in [0.717, 1.165) is 5.92 Å². The number of aromatic nitrogens is 3. The summed E-state index contributed by atoms with van der Waals surface area (Å²) in [5.74, 6) is 1.04. The molecule has 1 saturated heterocycles. The van der Waals surface area contributed by atoms with E-state index in [9.17, 15) is 0 Å². The summed E-state index contributed by atoms with van der Waals surface area (Å²) in [6.45, 7) is 1.22. The van der Waals surface area contributed by atoms with Gasteiger partial charge in [0.1, 0.15) is 0 Å². The second-order valence-electron chi connectivity index (χ2n) is 4.41. The molecule has 0 radical (unpaired) electrons. The molecule has 1 aliphatic heterocycles. The summed E-state index contributed by atoms with van der Waals surface area (Å²) in [5.41, 5.74) is 17.0. The maximum Gasteiger partial charge on any atom is 0.226 e. The number of allylic oxidation sites excluding steroid dienone is 2. The lowest BCUT2D eigenvalue weighted by Crippen LogP contribution is -2.09. The van der Waals surface area contributed by atoms with Gasteiger partial charge in [-0.05, 0) is 31.6 Å². The van der Waals surface area contributed by atoms with Gasteiger partial charge in [-0.25, -0.2) is 0 Å². The van der Waals surface area contributed by atoms with E-state index in [1.165, 1.54) is 32.2 Å². The van der Waals surface area contributed by atoms with E-state index in [2.05, 4.69) is 26.3 Å². The average Bonchev–Trinajstić information content (AvgIpc) is 2.75. The smallest absolute Gasteiger partial charge is 0.226 e. The fourth-order valence-electron chi connectivity index (χ4n) is 2.28. The number of nitrogens with two attached hydrogens (primary N) is 3. The fraction of sp³-hybridized carbons (Fsp3) is 0.545. The Kier molecular flexibility index (Phi) is 3.81. The highest BCUT2D eigenvalue weighted by Gasteiger charge is 2.21. The van der Waals surface area contributed by atoms with E-state index in [4.69, 9.17) is 17.2 Å². The van der Waals surface area contributed by atoms with E-state index < -0.39 is 0 Å². The molecule has 2 aliphatic rings. The van der Waals surface area contributed by atoms with Crippen LogP contribution in [0, 0.1) is 5.92 Å². The van der Waals surface area contributed by atoms with Gasteiger partial charge in [0.2, 0.25) is 17.8 Å². The van der Waals surface area contributed by atoms with Crippen LogP contribution < -0.4 is 22.5 Å². The maximum atomic E-state index is 5.14. The number of rotatable bonds is 0. The van der Waals surface area contributed by atoms with Crippen molar-refractivity contribution in [1.29, 1.82) is 0 Å². The topological polar surface area (TPSA) is 129 Å². The molecule has 1 aromatic rings. The van der Waals surface area contributed by atoms with Crippen molar-refractivity contribution in [2.45, 2.75) is 25.7 Å². The van der Waals surface area contributed by atoms with Crippen LogP contribution in [0.5, 0.6) is 0 Å². The molecule has 7 nitrogen and oxygen atoms in total. The largest absolute Gasteiger partial charge is 0.388 e. The minimum Gasteiger partial charge on any atom is -0.388 e. The molecule has 7 heteroatoms. The number of anilines is 3. The van der Waals surface area contributed by atoms with Crippen LogP contribution >= 0.6 is 0 Å². The van der Waals surface area contributed by atoms with Crippen molar-refractivity contribution in [3.63, 3.8) is 0 Å². The number of nitrogens with one attached hydrogen (secondary N) is 1. The van der Waals surface area contributed by atoms with Crippen molar-refractivity contribution in [1.82, 2.24) is 20.3 Å². The summed E-state index contributed by atoms with van der Waals surface area (Å²) >= 11 is 0. The second-order valence-corrected chi connectivity index (χ2v) is 4.41. The van der Waals surface area contributed by atoms with Crippen LogP contribution in [-0.4, -0.2) is 21.5 Å². The predicted molar refractivity (Wildman–Crippen MR) is 71.1 cm³/mol. The van der Waals surface area contributed by atoms with Gasteiger partial charge in [-0.1, -0.05) is 6.08 Å². The number of hydrogen-bond donors (Lipinski definition) is 4. The first kappa shape index (κ1) is 12.4. The predicted octanol–water partition coefficient (Wildman–Crippen LogP) is 0.282. The van der Waals surface area contributed by atoms with Crippen LogP contribution in [0.15, 0.2) is 11.8 Å². The molecule has 7 N–H and O–H groups in total. The molecule has 18 heavy (non-hydrogen) atoms. The van der Waals surface area contributed by atoms with Gasteiger partial charge in [0, 0.05) is 12.2 Å². The molecule has 3 rings (SSSR count). The molecule has 98 valence electrons. The Morgan fingerprint density at radius 2 is 1.61 bits per heavy atom. The molecule has 1 fully saturated rings. The molecule has 1 unspecified atom stereocenters. The van der Waals surface area contributed by atoms with E-state index in [1.54, 1.807) is 5.70 Å². The molecular weight excluding hydrogens is 230 g/mol. The monoisotopic (exact) mass is 249 g/mol. The van der Waals surface area contributed by atoms with Gasteiger partial charge in [0.25, 0.3) is 0 Å². The highest BCUT2D eigenvalue weighted by molar-refractivity contribution is 5.33. The van der Waals surface area contributed by atoms with Gasteiger partial charge in [-0.15, -0.1) is 0 Å². The standard InChI is InChI=1S/C8H13N.C3H6N6/c1-2-4-8-7(3-1)5-6-9-8;4-1-7-2(5)9-3(6)8-1/h4,7,9H,1-3,5-6H2;(H6,4,5,6,7,8,9). The molecule has 1 aromatic heterocycles. The van der Waals surface area contributed by atoms with Crippen molar-refractivity contribution < 1.29 is 0 Å². The van der Waals surface area contributed by atoms with Crippen LogP contribution in [0.4, 0.5) is 17.8 Å². The minimum absolute atomic E-state index is 0.0417. The van der Waals surface area contributed by atoms with Gasteiger partial charge < -0.3 is 22.5 Å². The first-order chi connectivity index (χ1) is 8.65. The normalized spacial score (nSPS) is 21.1. The molecule has 2 heterocycles. The first-order valence-corrected chi connectivity index (χ1v) is 6.11. The molecule has 0 amide bonds. The SMILES string of the molecule is C1=C2NCCC2CCC1.Nc1nc(N)nc(N)n1. The lowest BCUT2D eigenvalue weighted by atomic mass is 9.93. The highest BCUT2D eigenvalue weighted by atomic mass is 15.2. The maximum absolute atomic E-state index is 5.14. The van der Waals surface area contributed by atoms with E-state index in [1.807, 2.05) is 0 Å². The zero-order valence-electron chi connectivity index (χ0n) is 10.3. The minimum atomic E-state index is 0.0417. The Bertz CT molecular complexity index is 393. The summed E-state index contributed by atoms with van der Waals surface area (Å²) in [6, 6.07) is 0. The van der Waals surface area contributed by atoms with Crippen LogP contribution in [0.3, 0.4) is 0 Å². The average molecular weight is 249 g/mol. The lowest BCUT2D eigenvalue weighted by molar-refractivity contribution is 0.530. The first-order valence-electron chi connectivity index (χ1n) is 6.11. The fourth-order valence-corrected chi connectivity index (χ4v) is 2.28. The van der Waals surface area contributed by atoms with E-state index >= 15 is 0 Å². The van der Waals surface area contributed by atoms with Gasteiger partial charge in [-0.3, -0.25) is 0 Å². The van der Waals surface area contributed by atoms with Gasteiger partial charge >= 0.3 is 0 Å². The van der Waals surface area contributed by atoms with E-state index in [-0.39, 0.29) is 17.8 Å². The molecule has 0 bridgehead atoms. The van der Waals surface area contributed by atoms with Crippen molar-refractivity contribution in [3.05, 3.63) is 11.8 Å². The Balaban J connectivity index is 0.000000134. The van der Waals surface area contributed by atoms with Crippen molar-refractivity contribution in [3.8, 4) is 0 Å². The number of nitrogen functional groups attached to an aromatic ring is 3. The second kappa shape index (κ2) is 5.52. The van der Waals surface area contributed by atoms with Crippen LogP contribution in [0.1, 0.15) is 25.7 Å². The summed E-state index contributed by atoms with van der Waals surface area (Å²) in [5, 5.41) is 3.42. The van der Waals surface area contributed by atoms with Gasteiger partial charge in [-0.2, -0.15) is 15.0 Å². The van der Waals surface area contributed by atoms with Crippen LogP contribution in [0.25, 0.3) is 0 Å². The van der Waals surface area contributed by atoms with Gasteiger partial charge in [0.05, 0.1) is 0 Å². The molecule has 0 spiro atoms. The summed E-state index contributed by atoms with van der Waals surface area (Å²) in [6.07, 6.45) is 7.90. The molecule has 1 aliphatic carbocycles. The Hall–Kier alpha value is -2.05. The Morgan fingerprint density at radius 3 is 2.17 bits per heavy atom. The van der Waals surface area contributed by atoms with Crippen LogP contribution in [-0.2, 0) is 0 Å². The molecule has 0 saturated carbocycles. The van der Waals surface area contributed by atoms with Crippen molar-refractivity contribution in [2.75, 3.05) is 23.7 Å². The number of nitrogens with zero attached hydrogens (tertiary/aromatic N) is 3. The van der Waals surface area contributed by atoms with Crippen molar-refractivity contribution in [2.24, 2.45) is 5.92 Å². The summed E-state index contributed by atoms with van der Waals surface area (Å²) in [4.78, 5) is 10.5. The third-order valence-corrected chi connectivity index (χ3v) is 3.07. The Labute approximate surface area is 106 Å². The molecule has 1 atom stereocenters. The third-order valence-electron chi connectivity index (χ3n) is 3.07. The zero-order chi connectivity index (χ0) is 13.0. The summed E-state index contributed by atoms with van der Waals surface area (Å²) in [7, 11) is 0. The molecule has 0 aromatic carbocycles. The number of fused-ring (bicyclic) bond motifs is 1. The zero-order valence-corrected chi connectivity index (χ0v) is 10.3. The lowest BCUT2D eigenvalue weighted by Gasteiger charge is -2.15. The van der Waals surface area contributed by atoms with E-state index in [0.29, 0.717) is 0 Å². The Morgan fingerprint density at radius 1 is 1.00 bits per heavy atom. The third kappa shape index (κ3) is 3.22. The number of hydrogen-bond acceptors (Lipinski definition) is 7. The van der Waals surface area contributed by atoms with Gasteiger partial charge in [0.15, 0.2) is 0 Å². The van der Waals surface area contributed by atoms with Crippen molar-refractivity contribution >= 4 is 17.8 Å². The quantitative estimate of drug-likeness (QED) is 0.519. The van der Waals surface area contributed by atoms with Crippen LogP contribution in [0.2, 0.25) is 0 Å². The molecular formula is C11H19N7.